The maximum Gasteiger partial charge on any atom is 0.416 e. The molecule has 2 heterocycles. The summed E-state index contributed by atoms with van der Waals surface area (Å²) in [5.41, 5.74) is 1.18. The number of ether oxygens (including phenoxy) is 1. The van der Waals surface area contributed by atoms with Crippen LogP contribution in [-0.2, 0) is 12.7 Å². The number of nitrogens with one attached hydrogen (secondary N) is 2. The van der Waals surface area contributed by atoms with Crippen LogP contribution in [0.25, 0.3) is 11.0 Å². The quantitative estimate of drug-likeness (QED) is 0.243. The van der Waals surface area contributed by atoms with Gasteiger partial charge in [0.25, 0.3) is 0 Å². The lowest BCUT2D eigenvalue weighted by atomic mass is 10.2. The summed E-state index contributed by atoms with van der Waals surface area (Å²) in [6.45, 7) is 0.838. The molecule has 1 amide bonds. The van der Waals surface area contributed by atoms with E-state index in [1.807, 2.05) is 16.8 Å². The molecule has 8 nitrogen and oxygen atoms in total. The number of hydrogen-bond acceptors (Lipinski definition) is 5. The normalized spacial score (nSPS) is 11.4. The number of carbonyl (C=O) groups is 1. The molecule has 0 aliphatic carbocycles. The molecule has 0 atom stereocenters. The zero-order valence-electron chi connectivity index (χ0n) is 18.0. The number of nitrogens with zero attached hydrogens (tertiary/aromatic N) is 3. The molecule has 0 saturated heterocycles. The first kappa shape index (κ1) is 24.1. The highest BCUT2D eigenvalue weighted by Gasteiger charge is 2.30. The minimum atomic E-state index is -4.48. The molecule has 0 saturated carbocycles. The molecule has 4 rings (SSSR count). The van der Waals surface area contributed by atoms with Gasteiger partial charge in [-0.1, -0.05) is 17.7 Å². The molecule has 3 N–H and O–H groups in total. The zero-order valence-corrected chi connectivity index (χ0v) is 18.8. The standard InChI is InChI=1S/C23H19ClF3N5O3/c24-17-12-15(5-6-19(17)35-16-4-1-3-14(11-16)23(25,26)27)31-21-20-18(29-13-30-21)7-10-32(20)9-2-8-28-22(33)34/h1,3-7,10-13,28H,2,8-9H2,(H,33,34)(H,29,30,31). The summed E-state index contributed by atoms with van der Waals surface area (Å²) in [6, 6.07) is 11.1. The highest BCUT2D eigenvalue weighted by molar-refractivity contribution is 6.32. The number of aromatic nitrogens is 3. The highest BCUT2D eigenvalue weighted by atomic mass is 35.5. The Morgan fingerprint density at radius 1 is 1.14 bits per heavy atom. The van der Waals surface area contributed by atoms with Crippen molar-refractivity contribution in [3.05, 3.63) is 71.6 Å². The van der Waals surface area contributed by atoms with Crippen LogP contribution in [0.2, 0.25) is 5.02 Å². The van der Waals surface area contributed by atoms with Crippen molar-refractivity contribution in [2.75, 3.05) is 11.9 Å². The Kier molecular flexibility index (Phi) is 6.97. The Bertz CT molecular complexity index is 1360. The van der Waals surface area contributed by atoms with E-state index in [4.69, 9.17) is 21.4 Å². The smallest absolute Gasteiger partial charge is 0.416 e. The molecule has 35 heavy (non-hydrogen) atoms. The Hall–Kier alpha value is -3.99. The van der Waals surface area contributed by atoms with Crippen molar-refractivity contribution in [2.45, 2.75) is 19.1 Å². The molecule has 2 aromatic heterocycles. The lowest BCUT2D eigenvalue weighted by Crippen LogP contribution is -2.22. The van der Waals surface area contributed by atoms with Crippen molar-refractivity contribution < 1.29 is 27.8 Å². The van der Waals surface area contributed by atoms with E-state index >= 15 is 0 Å². The minimum absolute atomic E-state index is 0.00941. The second kappa shape index (κ2) is 10.1. The van der Waals surface area contributed by atoms with Gasteiger partial charge in [0.05, 0.1) is 16.1 Å². The summed E-state index contributed by atoms with van der Waals surface area (Å²) in [4.78, 5) is 19.2. The number of anilines is 2. The van der Waals surface area contributed by atoms with Crippen LogP contribution in [-0.4, -0.2) is 32.3 Å². The van der Waals surface area contributed by atoms with E-state index in [1.54, 1.807) is 18.2 Å². The summed E-state index contributed by atoms with van der Waals surface area (Å²) >= 11 is 6.33. The van der Waals surface area contributed by atoms with Crippen LogP contribution in [0.1, 0.15) is 12.0 Å². The number of fused-ring (bicyclic) bond motifs is 1. The van der Waals surface area contributed by atoms with Gasteiger partial charge in [-0.25, -0.2) is 14.8 Å². The molecular formula is C23H19ClF3N5O3. The monoisotopic (exact) mass is 505 g/mol. The van der Waals surface area contributed by atoms with Crippen molar-refractivity contribution >= 4 is 40.2 Å². The van der Waals surface area contributed by atoms with Crippen LogP contribution >= 0.6 is 11.6 Å². The third-order valence-electron chi connectivity index (χ3n) is 4.99. The first-order valence-corrected chi connectivity index (χ1v) is 10.8. The Morgan fingerprint density at radius 2 is 1.97 bits per heavy atom. The molecule has 0 radical (unpaired) electrons. The average molecular weight is 506 g/mol. The summed E-state index contributed by atoms with van der Waals surface area (Å²) in [6.07, 6.45) is -1.74. The van der Waals surface area contributed by atoms with Crippen molar-refractivity contribution in [1.29, 1.82) is 0 Å². The fraction of sp³-hybridized carbons (Fsp3) is 0.174. The topological polar surface area (TPSA) is 101 Å². The fourth-order valence-corrected chi connectivity index (χ4v) is 3.64. The molecule has 2 aromatic carbocycles. The Balaban J connectivity index is 1.51. The lowest BCUT2D eigenvalue weighted by Gasteiger charge is -2.13. The average Bonchev–Trinajstić information content (AvgIpc) is 3.22. The molecule has 0 spiro atoms. The van der Waals surface area contributed by atoms with Crippen molar-refractivity contribution in [3.8, 4) is 11.5 Å². The van der Waals surface area contributed by atoms with Gasteiger partial charge in [-0.3, -0.25) is 0 Å². The van der Waals surface area contributed by atoms with E-state index in [2.05, 4.69) is 20.6 Å². The first-order chi connectivity index (χ1) is 16.7. The summed E-state index contributed by atoms with van der Waals surface area (Å²) in [5.74, 6) is 0.711. The summed E-state index contributed by atoms with van der Waals surface area (Å²) < 4.78 is 46.3. The van der Waals surface area contributed by atoms with Crippen LogP contribution in [0.5, 0.6) is 11.5 Å². The maximum absolute atomic E-state index is 13.0. The maximum atomic E-state index is 13.0. The number of aryl methyl sites for hydroxylation is 1. The van der Waals surface area contributed by atoms with Gasteiger partial charge >= 0.3 is 12.3 Å². The molecule has 0 aliphatic rings. The third kappa shape index (κ3) is 5.93. The van der Waals surface area contributed by atoms with Gasteiger partial charge in [-0.05, 0) is 48.9 Å². The summed E-state index contributed by atoms with van der Waals surface area (Å²) in [5, 5.41) is 14.4. The van der Waals surface area contributed by atoms with Crippen LogP contribution < -0.4 is 15.4 Å². The molecule has 0 aliphatic heterocycles. The van der Waals surface area contributed by atoms with Crippen LogP contribution in [0.4, 0.5) is 29.5 Å². The zero-order chi connectivity index (χ0) is 25.0. The first-order valence-electron chi connectivity index (χ1n) is 10.4. The predicted octanol–water partition coefficient (Wildman–Crippen LogP) is 6.30. The molecular weight excluding hydrogens is 487 g/mol. The second-order valence-electron chi connectivity index (χ2n) is 7.45. The second-order valence-corrected chi connectivity index (χ2v) is 7.86. The van der Waals surface area contributed by atoms with E-state index in [0.29, 0.717) is 36.5 Å². The number of hydrogen-bond donors (Lipinski definition) is 3. The van der Waals surface area contributed by atoms with E-state index in [9.17, 15) is 18.0 Å². The Morgan fingerprint density at radius 3 is 2.71 bits per heavy atom. The highest BCUT2D eigenvalue weighted by Crippen LogP contribution is 2.36. The van der Waals surface area contributed by atoms with Gasteiger partial charge in [0, 0.05) is 25.0 Å². The fourth-order valence-electron chi connectivity index (χ4n) is 3.42. The SMILES string of the molecule is O=C(O)NCCCn1ccc2ncnc(Nc3ccc(Oc4cccc(C(F)(F)F)c4)c(Cl)c3)c21. The van der Waals surface area contributed by atoms with Gasteiger partial charge in [0.1, 0.15) is 23.3 Å². The van der Waals surface area contributed by atoms with Gasteiger partial charge in [-0.2, -0.15) is 13.2 Å². The molecule has 4 aromatic rings. The van der Waals surface area contributed by atoms with Gasteiger partial charge in [0.2, 0.25) is 0 Å². The van der Waals surface area contributed by atoms with E-state index in [1.165, 1.54) is 18.5 Å². The largest absolute Gasteiger partial charge is 0.465 e. The molecule has 0 bridgehead atoms. The van der Waals surface area contributed by atoms with E-state index < -0.39 is 17.8 Å². The predicted molar refractivity (Wildman–Crippen MR) is 124 cm³/mol. The number of amides is 1. The lowest BCUT2D eigenvalue weighted by molar-refractivity contribution is -0.137. The van der Waals surface area contributed by atoms with Gasteiger partial charge in [-0.15, -0.1) is 0 Å². The third-order valence-corrected chi connectivity index (χ3v) is 5.28. The van der Waals surface area contributed by atoms with Crippen LogP contribution in [0.3, 0.4) is 0 Å². The number of rotatable bonds is 8. The van der Waals surface area contributed by atoms with Crippen molar-refractivity contribution in [2.24, 2.45) is 0 Å². The molecule has 0 fully saturated rings. The molecule has 182 valence electrons. The van der Waals surface area contributed by atoms with Gasteiger partial charge in [0.15, 0.2) is 5.82 Å². The number of carboxylic acid groups (broad SMARTS) is 1. The molecule has 12 heteroatoms. The Labute approximate surface area is 202 Å². The minimum Gasteiger partial charge on any atom is -0.465 e. The van der Waals surface area contributed by atoms with E-state index in [0.717, 1.165) is 17.6 Å². The van der Waals surface area contributed by atoms with Crippen molar-refractivity contribution in [3.63, 3.8) is 0 Å². The van der Waals surface area contributed by atoms with Crippen LogP contribution in [0.15, 0.2) is 61.1 Å². The molecule has 0 unspecified atom stereocenters. The van der Waals surface area contributed by atoms with Crippen molar-refractivity contribution in [1.82, 2.24) is 19.9 Å². The summed E-state index contributed by atoms with van der Waals surface area (Å²) in [7, 11) is 0. The van der Waals surface area contributed by atoms with Gasteiger partial charge < -0.3 is 25.0 Å². The van der Waals surface area contributed by atoms with E-state index in [-0.39, 0.29) is 16.5 Å². The number of alkyl halides is 3. The number of benzene rings is 2. The van der Waals surface area contributed by atoms with Crippen LogP contribution in [0, 0.1) is 0 Å². The number of halogens is 4.